The zero-order chi connectivity index (χ0) is 20.1. The Morgan fingerprint density at radius 3 is 2.50 bits per heavy atom. The molecule has 144 valence electrons. The molecule has 0 aliphatic carbocycles. The second-order valence-corrected chi connectivity index (χ2v) is 7.18. The fraction of sp³-hybridized carbons (Fsp3) is 0.500. The molecule has 26 heavy (non-hydrogen) atoms. The van der Waals surface area contributed by atoms with Crippen molar-refractivity contribution in [3.8, 4) is 11.8 Å². The maximum atomic E-state index is 13.0. The van der Waals surface area contributed by atoms with Gasteiger partial charge in [-0.3, -0.25) is 0 Å². The van der Waals surface area contributed by atoms with E-state index in [1.165, 1.54) is 19.1 Å². The highest BCUT2D eigenvalue weighted by Gasteiger charge is 2.33. The first-order valence-corrected chi connectivity index (χ1v) is 8.20. The van der Waals surface area contributed by atoms with Crippen LogP contribution in [0.15, 0.2) is 18.2 Å². The van der Waals surface area contributed by atoms with E-state index in [0.29, 0.717) is 0 Å². The lowest BCUT2D eigenvalue weighted by atomic mass is 10.1. The molecule has 0 radical (unpaired) electrons. The van der Waals surface area contributed by atoms with Crippen LogP contribution in [-0.4, -0.2) is 28.9 Å². The lowest BCUT2D eigenvalue weighted by Crippen LogP contribution is -2.43. The van der Waals surface area contributed by atoms with Gasteiger partial charge in [-0.05, 0) is 45.9 Å². The Bertz CT molecular complexity index is 702. The molecule has 1 aromatic rings. The van der Waals surface area contributed by atoms with Crippen LogP contribution < -0.4 is 5.32 Å². The van der Waals surface area contributed by atoms with Gasteiger partial charge in [-0.1, -0.05) is 23.4 Å². The van der Waals surface area contributed by atoms with Crippen molar-refractivity contribution in [3.05, 3.63) is 34.3 Å². The minimum Gasteiger partial charge on any atom is -0.444 e. The van der Waals surface area contributed by atoms with Gasteiger partial charge < -0.3 is 15.2 Å². The number of alkyl carbamates (subject to hydrolysis) is 1. The van der Waals surface area contributed by atoms with Crippen LogP contribution in [0.4, 0.5) is 18.0 Å². The van der Waals surface area contributed by atoms with E-state index < -0.39 is 35.6 Å². The summed E-state index contributed by atoms with van der Waals surface area (Å²) in [7, 11) is 0. The summed E-state index contributed by atoms with van der Waals surface area (Å²) in [6.07, 6.45) is -7.47. The van der Waals surface area contributed by atoms with Crippen LogP contribution >= 0.6 is 11.6 Å². The van der Waals surface area contributed by atoms with Crippen LogP contribution in [0.25, 0.3) is 0 Å². The Hall–Kier alpha value is -1.91. The summed E-state index contributed by atoms with van der Waals surface area (Å²) in [5, 5.41) is 12.5. The molecule has 0 aliphatic heterocycles. The minimum atomic E-state index is -4.59. The van der Waals surface area contributed by atoms with Gasteiger partial charge in [0.05, 0.1) is 5.56 Å². The number of alkyl halides is 3. The van der Waals surface area contributed by atoms with Crippen LogP contribution in [0.2, 0.25) is 5.02 Å². The van der Waals surface area contributed by atoms with Crippen molar-refractivity contribution in [2.24, 2.45) is 0 Å². The molecule has 2 N–H and O–H groups in total. The number of carbonyl (C=O) groups is 1. The standard InChI is InChI=1S/C18H21ClF3NO3/c1-11(26-16(25)23-17(2,3)4)15(24)7-5-6-12-8-9-13(19)10-14(12)18(20,21)22/h8-11,15,24H,7H2,1-4H3,(H,23,25)/t11-,15-/m0/s1. The third-order valence-electron chi connectivity index (χ3n) is 3.13. The van der Waals surface area contributed by atoms with Crippen LogP contribution in [0, 0.1) is 11.8 Å². The average molecular weight is 392 g/mol. The van der Waals surface area contributed by atoms with Crippen LogP contribution in [0.1, 0.15) is 45.2 Å². The van der Waals surface area contributed by atoms with Crippen molar-refractivity contribution in [1.29, 1.82) is 0 Å². The van der Waals surface area contributed by atoms with Gasteiger partial charge in [0, 0.05) is 22.5 Å². The summed E-state index contributed by atoms with van der Waals surface area (Å²) in [6, 6.07) is 3.27. The highest BCUT2D eigenvalue weighted by molar-refractivity contribution is 6.30. The smallest absolute Gasteiger partial charge is 0.417 e. The number of nitrogens with one attached hydrogen (secondary N) is 1. The molecule has 0 fully saturated rings. The molecule has 0 spiro atoms. The van der Waals surface area contributed by atoms with E-state index in [-0.39, 0.29) is 17.0 Å². The van der Waals surface area contributed by atoms with Gasteiger partial charge >= 0.3 is 12.3 Å². The molecule has 0 aliphatic rings. The number of carbonyl (C=O) groups excluding carboxylic acids is 1. The molecule has 4 nitrogen and oxygen atoms in total. The van der Waals surface area contributed by atoms with Gasteiger partial charge in [0.15, 0.2) is 0 Å². The fourth-order valence-corrected chi connectivity index (χ4v) is 2.03. The lowest BCUT2D eigenvalue weighted by molar-refractivity contribution is -0.137. The van der Waals surface area contributed by atoms with E-state index in [2.05, 4.69) is 17.2 Å². The molecule has 1 aromatic carbocycles. The molecule has 2 atom stereocenters. The molecule has 0 aromatic heterocycles. The Labute approximate surface area is 155 Å². The predicted octanol–water partition coefficient (Wildman–Crippen LogP) is 4.37. The summed E-state index contributed by atoms with van der Waals surface area (Å²) < 4.78 is 44.0. The normalized spacial score (nSPS) is 14.0. The maximum Gasteiger partial charge on any atom is 0.417 e. The zero-order valence-corrected chi connectivity index (χ0v) is 15.6. The molecule has 0 heterocycles. The summed E-state index contributed by atoms with van der Waals surface area (Å²) in [4.78, 5) is 11.6. The Morgan fingerprint density at radius 2 is 1.96 bits per heavy atom. The van der Waals surface area contributed by atoms with Crippen LogP contribution in [0.5, 0.6) is 0 Å². The topological polar surface area (TPSA) is 58.6 Å². The molecular formula is C18H21ClF3NO3. The van der Waals surface area contributed by atoms with Crippen molar-refractivity contribution in [3.63, 3.8) is 0 Å². The molecule has 0 unspecified atom stereocenters. The second-order valence-electron chi connectivity index (χ2n) is 6.75. The number of ether oxygens (including phenoxy) is 1. The molecule has 8 heteroatoms. The Morgan fingerprint density at radius 1 is 1.35 bits per heavy atom. The predicted molar refractivity (Wildman–Crippen MR) is 92.8 cm³/mol. The van der Waals surface area contributed by atoms with Gasteiger partial charge in [-0.25, -0.2) is 4.79 Å². The van der Waals surface area contributed by atoms with Gasteiger partial charge in [0.2, 0.25) is 0 Å². The number of halogens is 4. The molecule has 1 rings (SSSR count). The van der Waals surface area contributed by atoms with Gasteiger partial charge in [0.25, 0.3) is 0 Å². The lowest BCUT2D eigenvalue weighted by Gasteiger charge is -2.23. The number of aliphatic hydroxyl groups excluding tert-OH is 1. The molecule has 0 saturated carbocycles. The first kappa shape index (κ1) is 22.1. The highest BCUT2D eigenvalue weighted by Crippen LogP contribution is 2.33. The SMILES string of the molecule is C[C@H](OC(=O)NC(C)(C)C)[C@@H](O)CC#Cc1ccc(Cl)cc1C(F)(F)F. The van der Waals surface area contributed by atoms with Crippen molar-refractivity contribution >= 4 is 17.7 Å². The first-order chi connectivity index (χ1) is 11.8. The maximum absolute atomic E-state index is 13.0. The third-order valence-corrected chi connectivity index (χ3v) is 3.37. The van der Waals surface area contributed by atoms with E-state index >= 15 is 0 Å². The zero-order valence-electron chi connectivity index (χ0n) is 14.9. The monoisotopic (exact) mass is 391 g/mol. The highest BCUT2D eigenvalue weighted by atomic mass is 35.5. The van der Waals surface area contributed by atoms with Crippen LogP contribution in [0.3, 0.4) is 0 Å². The Kier molecular flexibility index (Phi) is 7.36. The summed E-state index contributed by atoms with van der Waals surface area (Å²) in [6.45, 7) is 6.78. The van der Waals surface area contributed by atoms with Gasteiger partial charge in [0.1, 0.15) is 12.2 Å². The third kappa shape index (κ3) is 7.54. The molecule has 0 bridgehead atoms. The largest absolute Gasteiger partial charge is 0.444 e. The van der Waals surface area contributed by atoms with Crippen molar-refractivity contribution < 1.29 is 27.8 Å². The minimum absolute atomic E-state index is 0.0465. The molecule has 1 amide bonds. The van der Waals surface area contributed by atoms with E-state index in [4.69, 9.17) is 16.3 Å². The quantitative estimate of drug-likeness (QED) is 0.752. The summed E-state index contributed by atoms with van der Waals surface area (Å²) in [5.41, 5.74) is -1.68. The summed E-state index contributed by atoms with van der Waals surface area (Å²) in [5.74, 6) is 4.86. The van der Waals surface area contributed by atoms with Crippen molar-refractivity contribution in [2.75, 3.05) is 0 Å². The number of hydrogen-bond donors (Lipinski definition) is 2. The molecular weight excluding hydrogens is 371 g/mol. The Balaban J connectivity index is 2.75. The fourth-order valence-electron chi connectivity index (χ4n) is 1.86. The number of hydrogen-bond acceptors (Lipinski definition) is 3. The first-order valence-electron chi connectivity index (χ1n) is 7.82. The number of benzene rings is 1. The number of amides is 1. The van der Waals surface area contributed by atoms with E-state index in [9.17, 15) is 23.1 Å². The number of aliphatic hydroxyl groups is 1. The summed E-state index contributed by atoms with van der Waals surface area (Å²) >= 11 is 5.60. The van der Waals surface area contributed by atoms with Crippen molar-refractivity contribution in [1.82, 2.24) is 5.32 Å². The second kappa shape index (κ2) is 8.65. The van der Waals surface area contributed by atoms with Gasteiger partial charge in [-0.2, -0.15) is 13.2 Å². The van der Waals surface area contributed by atoms with E-state index in [0.717, 1.165) is 6.07 Å². The van der Waals surface area contributed by atoms with E-state index in [1.807, 2.05) is 0 Å². The van der Waals surface area contributed by atoms with Gasteiger partial charge in [-0.15, -0.1) is 0 Å². The van der Waals surface area contributed by atoms with E-state index in [1.54, 1.807) is 20.8 Å². The average Bonchev–Trinajstić information content (AvgIpc) is 2.45. The van der Waals surface area contributed by atoms with Crippen molar-refractivity contribution in [2.45, 2.75) is 58.0 Å². The number of rotatable bonds is 3. The van der Waals surface area contributed by atoms with Crippen LogP contribution in [-0.2, 0) is 10.9 Å². The molecule has 0 saturated heterocycles.